The zero-order valence-corrected chi connectivity index (χ0v) is 15.0. The van der Waals surface area contributed by atoms with Crippen LogP contribution in [-0.2, 0) is 0 Å². The minimum Gasteiger partial charge on any atom is -0.389 e. The molecule has 0 fully saturated rings. The van der Waals surface area contributed by atoms with Gasteiger partial charge in [-0.2, -0.15) is 0 Å². The van der Waals surface area contributed by atoms with Crippen molar-refractivity contribution < 1.29 is 10.2 Å². The number of hydrogen-bond donors (Lipinski definition) is 2. The summed E-state index contributed by atoms with van der Waals surface area (Å²) in [4.78, 5) is 0. The molecule has 0 spiro atoms. The van der Waals surface area contributed by atoms with Gasteiger partial charge in [-0.15, -0.1) is 0 Å². The van der Waals surface area contributed by atoms with Crippen molar-refractivity contribution in [2.45, 2.75) is 78.4 Å². The number of allylic oxidation sites excluding steroid dienone is 4. The molecule has 0 aromatic rings. The van der Waals surface area contributed by atoms with Crippen LogP contribution in [0.4, 0.5) is 0 Å². The van der Waals surface area contributed by atoms with Gasteiger partial charge in [0.2, 0.25) is 0 Å². The largest absolute Gasteiger partial charge is 0.389 e. The predicted octanol–water partition coefficient (Wildman–Crippen LogP) is 4.78. The van der Waals surface area contributed by atoms with Crippen molar-refractivity contribution >= 4 is 0 Å². The number of rotatable bonds is 1. The van der Waals surface area contributed by atoms with Crippen LogP contribution in [0.5, 0.6) is 0 Å². The van der Waals surface area contributed by atoms with E-state index in [-0.39, 0.29) is 0 Å². The first kappa shape index (κ1) is 19.2. The van der Waals surface area contributed by atoms with E-state index in [1.807, 2.05) is 12.2 Å². The summed E-state index contributed by atoms with van der Waals surface area (Å²) >= 11 is 0. The summed E-state index contributed by atoms with van der Waals surface area (Å²) in [5.74, 6) is 1.02. The lowest BCUT2D eigenvalue weighted by molar-refractivity contribution is 0.0565. The average Bonchev–Trinajstić information content (AvgIpc) is 2.36. The maximum Gasteiger partial charge on any atom is 0.0827 e. The Kier molecular flexibility index (Phi) is 7.58. The third-order valence-corrected chi connectivity index (χ3v) is 4.56. The van der Waals surface area contributed by atoms with Crippen molar-refractivity contribution in [3.05, 3.63) is 35.5 Å². The summed E-state index contributed by atoms with van der Waals surface area (Å²) in [5, 5.41) is 20.7. The normalized spacial score (nSPS) is 36.2. The van der Waals surface area contributed by atoms with Gasteiger partial charge in [0, 0.05) is 6.42 Å². The van der Waals surface area contributed by atoms with Crippen LogP contribution in [-0.4, -0.2) is 21.9 Å². The third kappa shape index (κ3) is 7.42. The van der Waals surface area contributed by atoms with Gasteiger partial charge < -0.3 is 10.2 Å². The third-order valence-electron chi connectivity index (χ3n) is 4.56. The lowest BCUT2D eigenvalue weighted by atomic mass is 9.86. The van der Waals surface area contributed by atoms with Crippen LogP contribution in [0.3, 0.4) is 0 Å². The molecule has 2 N–H and O–H groups in total. The molecule has 3 unspecified atom stereocenters. The van der Waals surface area contributed by atoms with Crippen molar-refractivity contribution in [1.29, 1.82) is 0 Å². The highest BCUT2D eigenvalue weighted by Gasteiger charge is 2.21. The van der Waals surface area contributed by atoms with Crippen molar-refractivity contribution in [3.63, 3.8) is 0 Å². The number of aliphatic hydroxyl groups excluding tert-OH is 1. The van der Waals surface area contributed by atoms with Gasteiger partial charge in [0.05, 0.1) is 11.7 Å². The summed E-state index contributed by atoms with van der Waals surface area (Å²) in [6.45, 7) is 10.5. The van der Waals surface area contributed by atoms with E-state index in [0.717, 1.165) is 25.7 Å². The molecule has 0 saturated carbocycles. The van der Waals surface area contributed by atoms with Crippen LogP contribution < -0.4 is 0 Å². The van der Waals surface area contributed by atoms with E-state index in [2.05, 4.69) is 39.8 Å². The Hall–Kier alpha value is -0.860. The van der Waals surface area contributed by atoms with Crippen LogP contribution in [0.2, 0.25) is 0 Å². The van der Waals surface area contributed by atoms with Crippen molar-refractivity contribution in [3.8, 4) is 0 Å². The van der Waals surface area contributed by atoms with Gasteiger partial charge in [0.1, 0.15) is 0 Å². The minimum atomic E-state index is -0.960. The Morgan fingerprint density at radius 3 is 2.50 bits per heavy atom. The highest BCUT2D eigenvalue weighted by molar-refractivity contribution is 5.10. The molecular weight excluding hydrogens is 272 g/mol. The molecule has 2 heteroatoms. The standard InChI is InChI=1S/C20H34O2/c1-15(2)18-10-9-16(3)7-6-8-17(4)13-19(21)14-20(5,22)12-11-18/h7,11-13,15,18-19,21-22H,6,8-10,14H2,1-5H3/b12-11+,16-7?,17-13+. The van der Waals surface area contributed by atoms with Gasteiger partial charge in [0.15, 0.2) is 0 Å². The fourth-order valence-corrected chi connectivity index (χ4v) is 2.99. The van der Waals surface area contributed by atoms with Crippen molar-refractivity contribution in [2.75, 3.05) is 0 Å². The summed E-state index contributed by atoms with van der Waals surface area (Å²) in [5.41, 5.74) is 1.67. The Bertz CT molecular complexity index is 427. The van der Waals surface area contributed by atoms with E-state index in [1.54, 1.807) is 6.92 Å². The first-order valence-electron chi connectivity index (χ1n) is 8.62. The number of aliphatic hydroxyl groups is 2. The SMILES string of the molecule is CC1=CCC/C(C)=C/C(O)CC(C)(O)/C=C/C(C(C)C)CC1. The van der Waals surface area contributed by atoms with Crippen molar-refractivity contribution in [2.24, 2.45) is 11.8 Å². The Morgan fingerprint density at radius 2 is 1.86 bits per heavy atom. The molecule has 0 aliphatic heterocycles. The molecule has 0 amide bonds. The van der Waals surface area contributed by atoms with Crippen LogP contribution in [0.1, 0.15) is 66.7 Å². The quantitative estimate of drug-likeness (QED) is 0.684. The fraction of sp³-hybridized carbons (Fsp3) is 0.700. The van der Waals surface area contributed by atoms with Gasteiger partial charge in [-0.25, -0.2) is 0 Å². The van der Waals surface area contributed by atoms with Crippen LogP contribution in [0, 0.1) is 11.8 Å². The van der Waals surface area contributed by atoms with E-state index in [0.29, 0.717) is 18.3 Å². The van der Waals surface area contributed by atoms with Gasteiger partial charge in [-0.1, -0.05) is 49.3 Å². The molecule has 2 nitrogen and oxygen atoms in total. The topological polar surface area (TPSA) is 40.5 Å². The smallest absolute Gasteiger partial charge is 0.0827 e. The average molecular weight is 306 g/mol. The molecule has 3 atom stereocenters. The van der Waals surface area contributed by atoms with Crippen LogP contribution >= 0.6 is 0 Å². The monoisotopic (exact) mass is 306 g/mol. The molecular formula is C20H34O2. The van der Waals surface area contributed by atoms with E-state index in [9.17, 15) is 10.2 Å². The van der Waals surface area contributed by atoms with Gasteiger partial charge in [-0.3, -0.25) is 0 Å². The van der Waals surface area contributed by atoms with E-state index in [1.165, 1.54) is 11.1 Å². The molecule has 1 aliphatic carbocycles. The lowest BCUT2D eigenvalue weighted by Crippen LogP contribution is -2.27. The van der Waals surface area contributed by atoms with E-state index in [4.69, 9.17) is 0 Å². The molecule has 1 rings (SSSR count). The van der Waals surface area contributed by atoms with E-state index < -0.39 is 11.7 Å². The summed E-state index contributed by atoms with van der Waals surface area (Å²) < 4.78 is 0. The molecule has 22 heavy (non-hydrogen) atoms. The fourth-order valence-electron chi connectivity index (χ4n) is 2.99. The second kappa shape index (κ2) is 8.69. The summed E-state index contributed by atoms with van der Waals surface area (Å²) in [7, 11) is 0. The first-order chi connectivity index (χ1) is 10.2. The first-order valence-corrected chi connectivity index (χ1v) is 8.62. The molecule has 0 saturated heterocycles. The van der Waals surface area contributed by atoms with Crippen LogP contribution in [0.15, 0.2) is 35.5 Å². The zero-order chi connectivity index (χ0) is 16.8. The summed E-state index contributed by atoms with van der Waals surface area (Å²) in [6, 6.07) is 0. The predicted molar refractivity (Wildman–Crippen MR) is 94.7 cm³/mol. The second-order valence-electron chi connectivity index (χ2n) is 7.54. The van der Waals surface area contributed by atoms with Gasteiger partial charge in [-0.05, 0) is 58.3 Å². The summed E-state index contributed by atoms with van der Waals surface area (Å²) in [6.07, 6.45) is 12.2. The van der Waals surface area contributed by atoms with Crippen molar-refractivity contribution in [1.82, 2.24) is 0 Å². The molecule has 0 aromatic heterocycles. The minimum absolute atomic E-state index is 0.348. The number of hydrogen-bond acceptors (Lipinski definition) is 2. The Morgan fingerprint density at radius 1 is 1.18 bits per heavy atom. The maximum absolute atomic E-state index is 10.5. The van der Waals surface area contributed by atoms with Gasteiger partial charge in [0.25, 0.3) is 0 Å². The maximum atomic E-state index is 10.5. The van der Waals surface area contributed by atoms with Crippen LogP contribution in [0.25, 0.3) is 0 Å². The highest BCUT2D eigenvalue weighted by atomic mass is 16.3. The molecule has 0 aromatic carbocycles. The Balaban J connectivity index is 2.97. The lowest BCUT2D eigenvalue weighted by Gasteiger charge is -2.24. The molecule has 0 radical (unpaired) electrons. The molecule has 0 bridgehead atoms. The Labute approximate surface area is 136 Å². The van der Waals surface area contributed by atoms with E-state index >= 15 is 0 Å². The molecule has 1 aliphatic rings. The zero-order valence-electron chi connectivity index (χ0n) is 15.0. The molecule has 126 valence electrons. The highest BCUT2D eigenvalue weighted by Crippen LogP contribution is 2.25. The van der Waals surface area contributed by atoms with Gasteiger partial charge >= 0.3 is 0 Å². The second-order valence-corrected chi connectivity index (χ2v) is 7.54. The molecule has 0 heterocycles.